The van der Waals surface area contributed by atoms with Crippen LogP contribution >= 0.6 is 0 Å². The van der Waals surface area contributed by atoms with Gasteiger partial charge in [-0.1, -0.05) is 18.2 Å². The van der Waals surface area contributed by atoms with E-state index in [-0.39, 0.29) is 0 Å². The third-order valence-corrected chi connectivity index (χ3v) is 3.88. The maximum atomic E-state index is 9.48. The van der Waals surface area contributed by atoms with E-state index in [9.17, 15) is 5.26 Å². The number of hydrogen-bond acceptors (Lipinski definition) is 5. The van der Waals surface area contributed by atoms with Crippen molar-refractivity contribution in [3.05, 3.63) is 78.6 Å². The maximum Gasteiger partial charge on any atom is 0.246 e. The van der Waals surface area contributed by atoms with Crippen molar-refractivity contribution in [2.24, 2.45) is 0 Å². The molecule has 2 aromatic carbocycles. The van der Waals surface area contributed by atoms with Crippen LogP contribution in [-0.2, 0) is 0 Å². The van der Waals surface area contributed by atoms with E-state index < -0.39 is 0 Å². The van der Waals surface area contributed by atoms with Gasteiger partial charge in [0.1, 0.15) is 12.4 Å². The first-order chi connectivity index (χ1) is 12.7. The molecule has 0 bridgehead atoms. The average Bonchev–Trinajstić information content (AvgIpc) is 3.31. The lowest BCUT2D eigenvalue weighted by Gasteiger charge is -2.08. The second-order valence-electron chi connectivity index (χ2n) is 5.74. The molecule has 4 rings (SSSR count). The lowest BCUT2D eigenvalue weighted by atomic mass is 10.1. The van der Waals surface area contributed by atoms with Crippen molar-refractivity contribution >= 4 is 11.6 Å². The van der Waals surface area contributed by atoms with Gasteiger partial charge in [0.15, 0.2) is 0 Å². The summed E-state index contributed by atoms with van der Waals surface area (Å²) in [5.41, 5.74) is 3.88. The van der Waals surface area contributed by atoms with Crippen LogP contribution in [0.3, 0.4) is 0 Å². The third-order valence-electron chi connectivity index (χ3n) is 3.88. The van der Waals surface area contributed by atoms with Crippen LogP contribution in [0.4, 0.5) is 11.6 Å². The molecule has 4 aromatic rings. The van der Waals surface area contributed by atoms with E-state index in [1.807, 2.05) is 60.2 Å². The van der Waals surface area contributed by atoms with Gasteiger partial charge in [0.05, 0.1) is 29.0 Å². The quantitative estimate of drug-likeness (QED) is 0.615. The molecule has 7 nitrogen and oxygen atoms in total. The van der Waals surface area contributed by atoms with Gasteiger partial charge in [0.25, 0.3) is 0 Å². The highest BCUT2D eigenvalue weighted by atomic mass is 15.4. The molecule has 0 saturated carbocycles. The number of hydrogen-bond donors (Lipinski definition) is 1. The number of nitriles is 1. The largest absolute Gasteiger partial charge is 0.323 e. The molecule has 0 fully saturated rings. The minimum Gasteiger partial charge on any atom is -0.323 e. The van der Waals surface area contributed by atoms with Crippen LogP contribution in [0.15, 0.2) is 67.4 Å². The Morgan fingerprint density at radius 2 is 1.88 bits per heavy atom. The monoisotopic (exact) mass is 341 g/mol. The first-order valence-corrected chi connectivity index (χ1v) is 8.02. The Morgan fingerprint density at radius 1 is 1.04 bits per heavy atom. The van der Waals surface area contributed by atoms with Gasteiger partial charge in [-0.2, -0.15) is 10.2 Å². The third kappa shape index (κ3) is 3.03. The molecule has 0 saturated heterocycles. The molecule has 26 heavy (non-hydrogen) atoms. The SMILES string of the molecule is Cc1cn(-c2ccc(Nc3ncn(-c4ccccc4)n3)cc2C#N)cn1. The van der Waals surface area contributed by atoms with E-state index in [1.165, 1.54) is 0 Å². The molecule has 1 N–H and O–H groups in total. The molecule has 0 spiro atoms. The van der Waals surface area contributed by atoms with Crippen molar-refractivity contribution in [3.63, 3.8) is 0 Å². The van der Waals surface area contributed by atoms with E-state index in [2.05, 4.69) is 26.5 Å². The van der Waals surface area contributed by atoms with Gasteiger partial charge in [-0.05, 0) is 37.3 Å². The van der Waals surface area contributed by atoms with Crippen LogP contribution in [-0.4, -0.2) is 24.3 Å². The molecule has 0 aliphatic carbocycles. The van der Waals surface area contributed by atoms with Crippen molar-refractivity contribution < 1.29 is 0 Å². The van der Waals surface area contributed by atoms with Crippen molar-refractivity contribution in [1.29, 1.82) is 5.26 Å². The lowest BCUT2D eigenvalue weighted by molar-refractivity contribution is 0.882. The Balaban J connectivity index is 1.60. The summed E-state index contributed by atoms with van der Waals surface area (Å²) < 4.78 is 3.52. The number of nitrogens with one attached hydrogen (secondary N) is 1. The summed E-state index contributed by atoms with van der Waals surface area (Å²) in [6, 6.07) is 17.5. The summed E-state index contributed by atoms with van der Waals surface area (Å²) in [5.74, 6) is 0.462. The molecule has 0 unspecified atom stereocenters. The highest BCUT2D eigenvalue weighted by molar-refractivity contribution is 5.62. The van der Waals surface area contributed by atoms with Gasteiger partial charge in [-0.25, -0.2) is 9.67 Å². The van der Waals surface area contributed by atoms with Crippen molar-refractivity contribution in [2.75, 3.05) is 5.32 Å². The highest BCUT2D eigenvalue weighted by Crippen LogP contribution is 2.21. The fourth-order valence-electron chi connectivity index (χ4n) is 2.64. The first kappa shape index (κ1) is 15.6. The molecule has 126 valence electrons. The molecular weight excluding hydrogens is 326 g/mol. The Morgan fingerprint density at radius 3 is 2.62 bits per heavy atom. The Hall–Kier alpha value is -3.92. The van der Waals surface area contributed by atoms with Gasteiger partial charge in [-0.15, -0.1) is 5.10 Å². The van der Waals surface area contributed by atoms with Crippen molar-refractivity contribution in [1.82, 2.24) is 24.3 Å². The summed E-state index contributed by atoms with van der Waals surface area (Å²) in [4.78, 5) is 8.48. The minimum absolute atomic E-state index is 0.462. The zero-order valence-electron chi connectivity index (χ0n) is 14.0. The number of aryl methyl sites for hydroxylation is 1. The molecule has 0 radical (unpaired) electrons. The zero-order valence-corrected chi connectivity index (χ0v) is 14.0. The molecule has 0 amide bonds. The van der Waals surface area contributed by atoms with Crippen LogP contribution in [0, 0.1) is 18.3 Å². The summed E-state index contributed by atoms with van der Waals surface area (Å²) in [5, 5.41) is 17.0. The molecular formula is C19H15N7. The second-order valence-corrected chi connectivity index (χ2v) is 5.74. The summed E-state index contributed by atoms with van der Waals surface area (Å²) >= 11 is 0. The Bertz CT molecular complexity index is 1090. The topological polar surface area (TPSA) is 84.4 Å². The zero-order chi connectivity index (χ0) is 17.9. The molecule has 0 atom stereocenters. The number of aromatic nitrogens is 5. The number of para-hydroxylation sites is 1. The summed E-state index contributed by atoms with van der Waals surface area (Å²) in [7, 11) is 0. The first-order valence-electron chi connectivity index (χ1n) is 8.02. The number of imidazole rings is 1. The van der Waals surface area contributed by atoms with Crippen LogP contribution in [0.2, 0.25) is 0 Å². The molecule has 7 heteroatoms. The second kappa shape index (κ2) is 6.53. The van der Waals surface area contributed by atoms with Gasteiger partial charge in [0.2, 0.25) is 5.95 Å². The average molecular weight is 341 g/mol. The summed E-state index contributed by atoms with van der Waals surface area (Å²) in [6.07, 6.45) is 5.22. The van der Waals surface area contributed by atoms with Gasteiger partial charge >= 0.3 is 0 Å². The lowest BCUT2D eigenvalue weighted by Crippen LogP contribution is -1.99. The minimum atomic E-state index is 0.462. The Kier molecular flexibility index (Phi) is 3.92. The van der Waals surface area contributed by atoms with Crippen molar-refractivity contribution in [3.8, 4) is 17.4 Å². The smallest absolute Gasteiger partial charge is 0.246 e. The van der Waals surface area contributed by atoms with Gasteiger partial charge in [-0.3, -0.25) is 0 Å². The van der Waals surface area contributed by atoms with E-state index in [4.69, 9.17) is 0 Å². The molecule has 2 heterocycles. The number of anilines is 2. The van der Waals surface area contributed by atoms with E-state index in [0.717, 1.165) is 22.8 Å². The predicted octanol–water partition coefficient (Wildman–Crippen LogP) is 3.38. The van der Waals surface area contributed by atoms with Crippen molar-refractivity contribution in [2.45, 2.75) is 6.92 Å². The normalized spacial score (nSPS) is 10.5. The van der Waals surface area contributed by atoms with Crippen LogP contribution in [0.5, 0.6) is 0 Å². The standard InChI is InChI=1S/C19H15N7/c1-14-11-25(12-21-14)18-8-7-16(9-15(18)10-20)23-19-22-13-26(24-19)17-5-3-2-4-6-17/h2-9,11-13H,1H3,(H,23,24). The number of benzene rings is 2. The van der Waals surface area contributed by atoms with Crippen LogP contribution in [0.25, 0.3) is 11.4 Å². The Labute approximate surface area is 150 Å². The highest BCUT2D eigenvalue weighted by Gasteiger charge is 2.08. The molecule has 0 aliphatic rings. The fourth-order valence-corrected chi connectivity index (χ4v) is 2.64. The van der Waals surface area contributed by atoms with E-state index in [0.29, 0.717) is 11.5 Å². The van der Waals surface area contributed by atoms with E-state index in [1.54, 1.807) is 23.4 Å². The summed E-state index contributed by atoms with van der Waals surface area (Å²) in [6.45, 7) is 1.91. The number of nitrogens with zero attached hydrogens (tertiary/aromatic N) is 6. The van der Waals surface area contributed by atoms with E-state index >= 15 is 0 Å². The van der Waals surface area contributed by atoms with Gasteiger partial charge in [0, 0.05) is 11.9 Å². The predicted molar refractivity (Wildman–Crippen MR) is 97.7 cm³/mol. The fraction of sp³-hybridized carbons (Fsp3) is 0.0526. The van der Waals surface area contributed by atoms with Gasteiger partial charge < -0.3 is 9.88 Å². The maximum absolute atomic E-state index is 9.48. The van der Waals surface area contributed by atoms with Crippen LogP contribution in [0.1, 0.15) is 11.3 Å². The molecule has 0 aliphatic heterocycles. The number of rotatable bonds is 4. The molecule has 2 aromatic heterocycles. The van der Waals surface area contributed by atoms with Crippen LogP contribution < -0.4 is 5.32 Å².